The molecule has 2 nitrogen and oxygen atoms in total. The van der Waals surface area contributed by atoms with E-state index in [0.717, 1.165) is 0 Å². The quantitative estimate of drug-likeness (QED) is 0.595. The van der Waals surface area contributed by atoms with Crippen LogP contribution in [0.1, 0.15) is 34.6 Å². The second-order valence-corrected chi connectivity index (χ2v) is 3.49. The van der Waals surface area contributed by atoms with Crippen LogP contribution >= 0.6 is 8.58 Å². The van der Waals surface area contributed by atoms with Crippen molar-refractivity contribution in [3.8, 4) is 0 Å². The Morgan fingerprint density at radius 3 is 1.69 bits per heavy atom. The van der Waals surface area contributed by atoms with Crippen molar-refractivity contribution in [2.24, 2.45) is 0 Å². The summed E-state index contributed by atoms with van der Waals surface area (Å²) < 4.78 is 0. The summed E-state index contributed by atoms with van der Waals surface area (Å²) >= 11 is 0. The Hall–Kier alpha value is -1.01. The number of carbonyl (C=O) groups is 2. The van der Waals surface area contributed by atoms with Gasteiger partial charge in [-0.3, -0.25) is 9.59 Å². The molecular weight excluding hydrogens is 183 g/mol. The summed E-state index contributed by atoms with van der Waals surface area (Å²) in [5.41, 5.74) is 1.14. The van der Waals surface area contributed by atoms with Crippen LogP contribution in [0.25, 0.3) is 0 Å². The van der Waals surface area contributed by atoms with Gasteiger partial charge >= 0.3 is 0 Å². The van der Waals surface area contributed by atoms with Gasteiger partial charge < -0.3 is 0 Å². The van der Waals surface area contributed by atoms with Crippen molar-refractivity contribution >= 4 is 19.6 Å². The van der Waals surface area contributed by atoms with Crippen LogP contribution in [0, 0.1) is 0 Å². The molecule has 2 rings (SSSR count). The Morgan fingerprint density at radius 2 is 1.31 bits per heavy atom. The topological polar surface area (TPSA) is 34.1 Å². The first-order valence-corrected chi connectivity index (χ1v) is 5.24. The van der Waals surface area contributed by atoms with Crippen molar-refractivity contribution in [2.75, 3.05) is 0 Å². The lowest BCUT2D eigenvalue weighted by atomic mass is 10.1. The van der Waals surface area contributed by atoms with Gasteiger partial charge in [0.2, 0.25) is 0 Å². The number of carbonyl (C=O) groups excluding carboxylic acids is 2. The smallest absolute Gasteiger partial charge is 0.189 e. The maximum Gasteiger partial charge on any atom is 0.189 e. The van der Waals surface area contributed by atoms with E-state index in [0.29, 0.717) is 11.1 Å². The zero-order valence-corrected chi connectivity index (χ0v) is 8.63. The molecule has 1 aromatic rings. The van der Waals surface area contributed by atoms with Gasteiger partial charge in [0.25, 0.3) is 0 Å². The minimum atomic E-state index is -0.184. The first-order chi connectivity index (χ1) is 6.29. The van der Waals surface area contributed by atoms with Gasteiger partial charge in [-0.25, -0.2) is 0 Å². The van der Waals surface area contributed by atoms with Crippen molar-refractivity contribution in [1.29, 1.82) is 0 Å². The molecule has 0 spiro atoms. The summed E-state index contributed by atoms with van der Waals surface area (Å²) in [6.07, 6.45) is 0. The van der Waals surface area contributed by atoms with Gasteiger partial charge in [-0.1, -0.05) is 38.1 Å². The molecule has 1 aliphatic rings. The molecule has 3 heteroatoms. The Kier molecular flexibility index (Phi) is 3.32. The minimum Gasteiger partial charge on any atom is -0.289 e. The molecule has 1 aromatic carbocycles. The van der Waals surface area contributed by atoms with Crippen LogP contribution in [0.2, 0.25) is 0 Å². The second kappa shape index (κ2) is 4.29. The lowest BCUT2D eigenvalue weighted by Crippen LogP contribution is -1.87. The zero-order chi connectivity index (χ0) is 9.84. The molecule has 13 heavy (non-hydrogen) atoms. The molecule has 0 aromatic heterocycles. The Labute approximate surface area is 79.1 Å². The maximum atomic E-state index is 11.1. The molecule has 0 saturated carbocycles. The predicted octanol–water partition coefficient (Wildman–Crippen LogP) is 2.69. The monoisotopic (exact) mass is 194 g/mol. The summed E-state index contributed by atoms with van der Waals surface area (Å²) in [6, 6.07) is 6.96. The van der Waals surface area contributed by atoms with E-state index in [1.54, 1.807) is 24.3 Å². The normalized spacial score (nSPS) is 13.4. The second-order valence-electron chi connectivity index (χ2n) is 2.33. The van der Waals surface area contributed by atoms with Crippen LogP contribution in [0.3, 0.4) is 0 Å². The number of rotatable bonds is 0. The van der Waals surface area contributed by atoms with Crippen LogP contribution < -0.4 is 0 Å². The van der Waals surface area contributed by atoms with Gasteiger partial charge in [-0.2, -0.15) is 0 Å². The lowest BCUT2D eigenvalue weighted by Gasteiger charge is -1.90. The van der Waals surface area contributed by atoms with Gasteiger partial charge in [0, 0.05) is 19.7 Å². The minimum absolute atomic E-state index is 0.0226. The largest absolute Gasteiger partial charge is 0.289 e. The van der Waals surface area contributed by atoms with Crippen LogP contribution in [-0.2, 0) is 0 Å². The van der Waals surface area contributed by atoms with Crippen molar-refractivity contribution in [2.45, 2.75) is 13.8 Å². The van der Waals surface area contributed by atoms with E-state index < -0.39 is 0 Å². The van der Waals surface area contributed by atoms with Crippen LogP contribution in [0.15, 0.2) is 24.3 Å². The van der Waals surface area contributed by atoms with Crippen molar-refractivity contribution in [3.63, 3.8) is 0 Å². The van der Waals surface area contributed by atoms with Gasteiger partial charge in [0.1, 0.15) is 0 Å². The lowest BCUT2D eigenvalue weighted by molar-refractivity contribution is 0.108. The molecule has 1 heterocycles. The fraction of sp³-hybridized carbons (Fsp3) is 0.200. The van der Waals surface area contributed by atoms with Crippen molar-refractivity contribution in [3.05, 3.63) is 35.4 Å². The Bertz CT molecular complexity index is 312. The summed E-state index contributed by atoms with van der Waals surface area (Å²) in [7, 11) is -0.184. The average molecular weight is 194 g/mol. The van der Waals surface area contributed by atoms with Crippen LogP contribution in [0.5, 0.6) is 0 Å². The van der Waals surface area contributed by atoms with Crippen molar-refractivity contribution < 1.29 is 9.59 Å². The SMILES string of the molecule is CC.O=C1PC(=O)c2ccccc21. The van der Waals surface area contributed by atoms with Crippen LogP contribution in [0.4, 0.5) is 0 Å². The van der Waals surface area contributed by atoms with E-state index in [9.17, 15) is 9.59 Å². The first kappa shape index (κ1) is 10.1. The molecule has 0 aliphatic carbocycles. The van der Waals surface area contributed by atoms with Gasteiger partial charge in [-0.15, -0.1) is 0 Å². The van der Waals surface area contributed by atoms with E-state index in [1.165, 1.54) is 0 Å². The number of hydrogen-bond donors (Lipinski definition) is 0. The fourth-order valence-corrected chi connectivity index (χ4v) is 2.03. The van der Waals surface area contributed by atoms with E-state index >= 15 is 0 Å². The molecule has 68 valence electrons. The third kappa shape index (κ3) is 1.84. The molecular formula is C10H11O2P. The average Bonchev–Trinajstić information content (AvgIpc) is 2.47. The van der Waals surface area contributed by atoms with Crippen molar-refractivity contribution in [1.82, 2.24) is 0 Å². The summed E-state index contributed by atoms with van der Waals surface area (Å²) in [5, 5.41) is 0. The molecule has 0 radical (unpaired) electrons. The first-order valence-electron chi connectivity index (χ1n) is 4.24. The number of fused-ring (bicyclic) bond motifs is 1. The molecule has 0 fully saturated rings. The predicted molar refractivity (Wildman–Crippen MR) is 54.8 cm³/mol. The highest BCUT2D eigenvalue weighted by molar-refractivity contribution is 7.76. The molecule has 0 bridgehead atoms. The molecule has 0 saturated heterocycles. The molecule has 0 amide bonds. The standard InChI is InChI=1S/C8H5O2P.C2H6/c9-7-5-3-1-2-4-6(5)8(10)11-7;1-2/h1-4,11H;1-2H3. The van der Waals surface area contributed by atoms with Gasteiger partial charge in [0.15, 0.2) is 11.0 Å². The summed E-state index contributed by atoms with van der Waals surface area (Å²) in [6.45, 7) is 4.00. The molecule has 0 atom stereocenters. The zero-order valence-electron chi connectivity index (χ0n) is 7.63. The van der Waals surface area contributed by atoms with E-state index in [-0.39, 0.29) is 19.6 Å². The van der Waals surface area contributed by atoms with Crippen LogP contribution in [-0.4, -0.2) is 11.0 Å². The highest BCUT2D eigenvalue weighted by atomic mass is 31.1. The summed E-state index contributed by atoms with van der Waals surface area (Å²) in [4.78, 5) is 22.1. The summed E-state index contributed by atoms with van der Waals surface area (Å²) in [5.74, 6) is 0. The van der Waals surface area contributed by atoms with Gasteiger partial charge in [0.05, 0.1) is 0 Å². The Morgan fingerprint density at radius 1 is 0.923 bits per heavy atom. The maximum absolute atomic E-state index is 11.1. The number of benzene rings is 1. The fourth-order valence-electron chi connectivity index (χ4n) is 1.12. The van der Waals surface area contributed by atoms with E-state index in [1.807, 2.05) is 13.8 Å². The molecule has 0 unspecified atom stereocenters. The number of hydrogen-bond acceptors (Lipinski definition) is 2. The van der Waals surface area contributed by atoms with Gasteiger partial charge in [-0.05, 0) is 0 Å². The third-order valence-corrected chi connectivity index (χ3v) is 2.64. The highest BCUT2D eigenvalue weighted by Gasteiger charge is 2.25. The third-order valence-electron chi connectivity index (χ3n) is 1.64. The molecule has 0 N–H and O–H groups in total. The van der Waals surface area contributed by atoms with E-state index in [4.69, 9.17) is 0 Å². The highest BCUT2D eigenvalue weighted by Crippen LogP contribution is 2.33. The Balaban J connectivity index is 0.000000396. The van der Waals surface area contributed by atoms with E-state index in [2.05, 4.69) is 0 Å². The molecule has 1 aliphatic heterocycles.